The van der Waals surface area contributed by atoms with Crippen LogP contribution in [0.4, 0.5) is 4.79 Å². The summed E-state index contributed by atoms with van der Waals surface area (Å²) in [5.41, 5.74) is 2.10. The predicted molar refractivity (Wildman–Crippen MR) is 76.7 cm³/mol. The zero-order chi connectivity index (χ0) is 15.8. The number of carbonyl (C=O) groups is 3. The number of carbonyl (C=O) groups excluding carboxylic acids is 2. The van der Waals surface area contributed by atoms with Gasteiger partial charge in [-0.3, -0.25) is 9.59 Å². The van der Waals surface area contributed by atoms with Crippen molar-refractivity contribution in [2.24, 2.45) is 0 Å². The van der Waals surface area contributed by atoms with E-state index in [0.717, 1.165) is 11.1 Å². The average molecular weight is 293 g/mol. The molecule has 0 aliphatic rings. The first-order valence-corrected chi connectivity index (χ1v) is 6.42. The Bertz CT molecular complexity index is 531. The molecule has 0 aliphatic heterocycles. The third-order valence-corrected chi connectivity index (χ3v) is 2.85. The number of carboxylic acid groups (broad SMARTS) is 1. The minimum atomic E-state index is -1.13. The van der Waals surface area contributed by atoms with Crippen molar-refractivity contribution in [3.05, 3.63) is 35.4 Å². The Labute approximate surface area is 122 Å². The summed E-state index contributed by atoms with van der Waals surface area (Å²) < 4.78 is 0. The molecule has 7 nitrogen and oxygen atoms in total. The van der Waals surface area contributed by atoms with Crippen molar-refractivity contribution in [1.29, 1.82) is 0 Å². The maximum Gasteiger partial charge on any atom is 0.322 e. The van der Waals surface area contributed by atoms with Gasteiger partial charge in [0, 0.05) is 13.6 Å². The van der Waals surface area contributed by atoms with Crippen molar-refractivity contribution in [2.45, 2.75) is 13.5 Å². The van der Waals surface area contributed by atoms with Gasteiger partial charge in [0.1, 0.15) is 6.54 Å². The fraction of sp³-hybridized carbons (Fsp3) is 0.357. The number of nitrogens with one attached hydrogen (secondary N) is 2. The molecule has 0 heterocycles. The number of hydrogen-bond acceptors (Lipinski definition) is 3. The molecule has 7 heteroatoms. The van der Waals surface area contributed by atoms with Crippen LogP contribution < -0.4 is 10.6 Å². The molecule has 114 valence electrons. The number of nitrogens with zero attached hydrogens (tertiary/aromatic N) is 1. The summed E-state index contributed by atoms with van der Waals surface area (Å²) in [5.74, 6) is -1.68. The van der Waals surface area contributed by atoms with Gasteiger partial charge in [0.2, 0.25) is 5.91 Å². The molecule has 0 aromatic heterocycles. The first-order chi connectivity index (χ1) is 9.90. The van der Waals surface area contributed by atoms with E-state index in [1.807, 2.05) is 31.2 Å². The lowest BCUT2D eigenvalue weighted by molar-refractivity contribution is -0.137. The normalized spacial score (nSPS) is 9.81. The maximum absolute atomic E-state index is 11.8. The fourth-order valence-electron chi connectivity index (χ4n) is 1.64. The second-order valence-corrected chi connectivity index (χ2v) is 4.61. The highest BCUT2D eigenvalue weighted by Crippen LogP contribution is 2.09. The number of aryl methyl sites for hydroxylation is 1. The molecule has 21 heavy (non-hydrogen) atoms. The molecule has 0 atom stereocenters. The minimum Gasteiger partial charge on any atom is -0.480 e. The van der Waals surface area contributed by atoms with Crippen LogP contribution in [-0.4, -0.2) is 48.1 Å². The van der Waals surface area contributed by atoms with E-state index in [1.165, 1.54) is 4.90 Å². The highest BCUT2D eigenvalue weighted by Gasteiger charge is 2.11. The molecule has 0 saturated carbocycles. The lowest BCUT2D eigenvalue weighted by Crippen LogP contribution is -2.43. The zero-order valence-electron chi connectivity index (χ0n) is 12.0. The van der Waals surface area contributed by atoms with Gasteiger partial charge in [0.05, 0.1) is 6.54 Å². The van der Waals surface area contributed by atoms with Gasteiger partial charge in [0.15, 0.2) is 0 Å². The number of urea groups is 1. The number of amides is 3. The Balaban J connectivity index is 2.40. The van der Waals surface area contributed by atoms with Crippen LogP contribution in [0, 0.1) is 6.92 Å². The molecule has 1 rings (SSSR count). The summed E-state index contributed by atoms with van der Waals surface area (Å²) in [5, 5.41) is 13.0. The van der Waals surface area contributed by atoms with E-state index in [9.17, 15) is 14.4 Å². The van der Waals surface area contributed by atoms with E-state index >= 15 is 0 Å². The number of aliphatic carboxylic acids is 1. The van der Waals surface area contributed by atoms with Gasteiger partial charge in [-0.2, -0.15) is 0 Å². The number of benzene rings is 1. The average Bonchev–Trinajstić information content (AvgIpc) is 2.44. The van der Waals surface area contributed by atoms with Gasteiger partial charge >= 0.3 is 12.0 Å². The zero-order valence-corrected chi connectivity index (χ0v) is 12.0. The molecular formula is C14H19N3O4. The quantitative estimate of drug-likeness (QED) is 0.704. The van der Waals surface area contributed by atoms with E-state index in [1.54, 1.807) is 7.05 Å². The van der Waals surface area contributed by atoms with E-state index in [0.29, 0.717) is 6.54 Å². The van der Waals surface area contributed by atoms with Crippen molar-refractivity contribution in [1.82, 2.24) is 15.5 Å². The Kier molecular flexibility index (Phi) is 6.19. The van der Waals surface area contributed by atoms with Gasteiger partial charge in [-0.15, -0.1) is 0 Å². The predicted octanol–water partition coefficient (Wildman–Crippen LogP) is 0.337. The molecule has 1 aromatic carbocycles. The summed E-state index contributed by atoms with van der Waals surface area (Å²) in [7, 11) is 1.62. The second kappa shape index (κ2) is 7.88. The highest BCUT2D eigenvalue weighted by molar-refractivity contribution is 5.86. The Hall–Kier alpha value is -2.57. The number of rotatable bonds is 6. The van der Waals surface area contributed by atoms with Gasteiger partial charge in [-0.1, -0.05) is 24.3 Å². The number of hydrogen-bond donors (Lipinski definition) is 3. The largest absolute Gasteiger partial charge is 0.480 e. The molecule has 3 N–H and O–H groups in total. The number of carboxylic acids is 1. The standard InChI is InChI=1S/C14H19N3O4/c1-10-5-3-4-6-11(10)9-17(2)14(21)16-7-12(18)15-8-13(19)20/h3-6H,7-9H2,1-2H3,(H,15,18)(H,16,21)(H,19,20). The van der Waals surface area contributed by atoms with Crippen LogP contribution in [0.2, 0.25) is 0 Å². The first kappa shape index (κ1) is 16.5. The molecule has 0 unspecified atom stereocenters. The third-order valence-electron chi connectivity index (χ3n) is 2.85. The highest BCUT2D eigenvalue weighted by atomic mass is 16.4. The Morgan fingerprint density at radius 3 is 2.43 bits per heavy atom. The minimum absolute atomic E-state index is 0.260. The molecule has 0 bridgehead atoms. The van der Waals surface area contributed by atoms with Crippen molar-refractivity contribution in [3.63, 3.8) is 0 Å². The topological polar surface area (TPSA) is 98.7 Å². The van der Waals surface area contributed by atoms with Crippen LogP contribution in [0.25, 0.3) is 0 Å². The second-order valence-electron chi connectivity index (χ2n) is 4.61. The maximum atomic E-state index is 11.8. The van der Waals surface area contributed by atoms with E-state index in [-0.39, 0.29) is 6.54 Å². The molecule has 0 saturated heterocycles. The van der Waals surface area contributed by atoms with Crippen molar-refractivity contribution >= 4 is 17.9 Å². The van der Waals surface area contributed by atoms with Crippen LogP contribution in [0.15, 0.2) is 24.3 Å². The summed E-state index contributed by atoms with van der Waals surface area (Å²) in [6.45, 7) is 1.66. The van der Waals surface area contributed by atoms with Crippen molar-refractivity contribution in [3.8, 4) is 0 Å². The van der Waals surface area contributed by atoms with Gasteiger partial charge in [-0.05, 0) is 18.1 Å². The fourth-order valence-corrected chi connectivity index (χ4v) is 1.64. The van der Waals surface area contributed by atoms with Crippen molar-refractivity contribution in [2.75, 3.05) is 20.1 Å². The van der Waals surface area contributed by atoms with Crippen LogP contribution in [0.1, 0.15) is 11.1 Å². The van der Waals surface area contributed by atoms with E-state index < -0.39 is 24.5 Å². The Morgan fingerprint density at radius 1 is 1.14 bits per heavy atom. The van der Waals surface area contributed by atoms with E-state index in [2.05, 4.69) is 10.6 Å². The van der Waals surface area contributed by atoms with Gasteiger partial charge in [0.25, 0.3) is 0 Å². The van der Waals surface area contributed by atoms with Crippen molar-refractivity contribution < 1.29 is 19.5 Å². The monoisotopic (exact) mass is 293 g/mol. The molecule has 1 aromatic rings. The summed E-state index contributed by atoms with van der Waals surface area (Å²) in [4.78, 5) is 34.8. The SMILES string of the molecule is Cc1ccccc1CN(C)C(=O)NCC(=O)NCC(=O)O. The molecule has 3 amide bonds. The molecule has 0 fully saturated rings. The van der Waals surface area contributed by atoms with Crippen LogP contribution in [-0.2, 0) is 16.1 Å². The molecular weight excluding hydrogens is 274 g/mol. The summed E-state index contributed by atoms with van der Waals surface area (Å²) in [6, 6.07) is 7.31. The lowest BCUT2D eigenvalue weighted by Gasteiger charge is -2.19. The molecule has 0 spiro atoms. The smallest absolute Gasteiger partial charge is 0.322 e. The van der Waals surface area contributed by atoms with Gasteiger partial charge in [-0.25, -0.2) is 4.79 Å². The summed E-state index contributed by atoms with van der Waals surface area (Å²) >= 11 is 0. The van der Waals surface area contributed by atoms with Crippen LogP contribution in [0.5, 0.6) is 0 Å². The van der Waals surface area contributed by atoms with E-state index in [4.69, 9.17) is 5.11 Å². The lowest BCUT2D eigenvalue weighted by atomic mass is 10.1. The van der Waals surface area contributed by atoms with Crippen LogP contribution in [0.3, 0.4) is 0 Å². The Morgan fingerprint density at radius 2 is 1.81 bits per heavy atom. The first-order valence-electron chi connectivity index (χ1n) is 6.42. The van der Waals surface area contributed by atoms with Gasteiger partial charge < -0.3 is 20.6 Å². The summed E-state index contributed by atoms with van der Waals surface area (Å²) in [6.07, 6.45) is 0. The molecule has 0 aliphatic carbocycles. The molecule has 0 radical (unpaired) electrons. The third kappa shape index (κ3) is 5.94. The van der Waals surface area contributed by atoms with Crippen LogP contribution >= 0.6 is 0 Å².